The lowest BCUT2D eigenvalue weighted by Gasteiger charge is -2.25. The number of aromatic nitrogens is 1. The molecule has 0 aliphatic heterocycles. The molecule has 0 saturated carbocycles. The molecule has 0 amide bonds. The molecule has 4 aromatic rings. The summed E-state index contributed by atoms with van der Waals surface area (Å²) in [6.07, 6.45) is 2.79. The third kappa shape index (κ3) is 4.23. The van der Waals surface area contributed by atoms with Crippen LogP contribution in [-0.2, 0) is 28.6 Å². The van der Waals surface area contributed by atoms with Crippen LogP contribution in [0.25, 0.3) is 10.9 Å². The maximum atomic E-state index is 13.7. The molecule has 2 unspecified atom stereocenters. The number of carboxylic acids is 1. The number of nitrogens with zero attached hydrogens (tertiary/aromatic N) is 1. The molecule has 0 saturated heterocycles. The van der Waals surface area contributed by atoms with E-state index >= 15 is 0 Å². The van der Waals surface area contributed by atoms with Crippen molar-refractivity contribution in [3.8, 4) is 0 Å². The summed E-state index contributed by atoms with van der Waals surface area (Å²) in [5.41, 5.74) is 4.28. The molecule has 5 rings (SSSR count). The molecule has 6 heteroatoms. The van der Waals surface area contributed by atoms with Crippen molar-refractivity contribution in [3.63, 3.8) is 0 Å². The summed E-state index contributed by atoms with van der Waals surface area (Å²) >= 11 is 6.11. The molecule has 0 spiro atoms. The Morgan fingerprint density at radius 1 is 1.03 bits per heavy atom. The van der Waals surface area contributed by atoms with Gasteiger partial charge in [-0.25, -0.2) is 4.21 Å². The molecular formula is C27H24ClNO3S. The first kappa shape index (κ1) is 21.9. The van der Waals surface area contributed by atoms with Gasteiger partial charge in [0.1, 0.15) is 0 Å². The standard InChI is InChI=1S/C27H24ClNO3S/c28-20-14-12-18(13-15-20)17-29-26-19(16-25(30)31)6-4-9-22(26)23-10-5-11-24(27(23)29)33(32)21-7-2-1-3-8-21/h1-3,5,7-8,10-15,19H,4,6,9,16-17H2,(H,30,31). The van der Waals surface area contributed by atoms with Gasteiger partial charge in [-0.05, 0) is 60.7 Å². The zero-order chi connectivity index (χ0) is 22.9. The van der Waals surface area contributed by atoms with Crippen LogP contribution in [-0.4, -0.2) is 19.9 Å². The van der Waals surface area contributed by atoms with E-state index in [0.29, 0.717) is 11.6 Å². The summed E-state index contributed by atoms with van der Waals surface area (Å²) in [6.45, 7) is 0.572. The number of para-hydroxylation sites is 1. The highest BCUT2D eigenvalue weighted by Crippen LogP contribution is 2.42. The average Bonchev–Trinajstić information content (AvgIpc) is 3.15. The highest BCUT2D eigenvalue weighted by molar-refractivity contribution is 7.85. The normalized spacial score (nSPS) is 16.5. The van der Waals surface area contributed by atoms with Crippen LogP contribution in [0.2, 0.25) is 5.02 Å². The van der Waals surface area contributed by atoms with E-state index in [1.807, 2.05) is 66.7 Å². The smallest absolute Gasteiger partial charge is 0.304 e. The van der Waals surface area contributed by atoms with Gasteiger partial charge >= 0.3 is 5.97 Å². The Bertz CT molecular complexity index is 1350. The van der Waals surface area contributed by atoms with Crippen LogP contribution >= 0.6 is 11.6 Å². The lowest BCUT2D eigenvalue weighted by atomic mass is 9.84. The molecule has 4 nitrogen and oxygen atoms in total. The number of hydrogen-bond donors (Lipinski definition) is 1. The molecule has 1 aliphatic carbocycles. The molecule has 1 aliphatic rings. The van der Waals surface area contributed by atoms with Crippen LogP contribution < -0.4 is 0 Å². The molecule has 1 heterocycles. The van der Waals surface area contributed by atoms with E-state index in [9.17, 15) is 14.1 Å². The zero-order valence-electron chi connectivity index (χ0n) is 18.0. The summed E-state index contributed by atoms with van der Waals surface area (Å²) in [6, 6.07) is 23.2. The van der Waals surface area contributed by atoms with E-state index in [2.05, 4.69) is 10.6 Å². The Balaban J connectivity index is 1.75. The Kier molecular flexibility index (Phi) is 6.09. The van der Waals surface area contributed by atoms with E-state index in [1.54, 1.807) is 0 Å². The fourth-order valence-electron chi connectivity index (χ4n) is 5.02. The van der Waals surface area contributed by atoms with Crippen LogP contribution in [0.1, 0.15) is 42.0 Å². The summed E-state index contributed by atoms with van der Waals surface area (Å²) in [4.78, 5) is 13.2. The van der Waals surface area contributed by atoms with E-state index < -0.39 is 16.8 Å². The second kappa shape index (κ2) is 9.16. The molecule has 1 aromatic heterocycles. The van der Waals surface area contributed by atoms with Crippen LogP contribution in [0, 0.1) is 0 Å². The molecule has 2 atom stereocenters. The minimum atomic E-state index is -1.35. The minimum Gasteiger partial charge on any atom is -0.481 e. The maximum absolute atomic E-state index is 13.7. The fraction of sp³-hybridized carbons (Fsp3) is 0.222. The quantitative estimate of drug-likeness (QED) is 0.349. The Hall–Kier alpha value is -2.89. The summed E-state index contributed by atoms with van der Waals surface area (Å²) in [5.74, 6) is -0.854. The SMILES string of the molecule is O=C(O)CC1CCCc2c1n(Cc1ccc(Cl)cc1)c1c(S(=O)c3ccccc3)cccc21. The Morgan fingerprint density at radius 3 is 2.52 bits per heavy atom. The number of rotatable bonds is 6. The molecule has 1 N–H and O–H groups in total. The average molecular weight is 478 g/mol. The summed E-state index contributed by atoms with van der Waals surface area (Å²) < 4.78 is 15.9. The number of aliphatic carboxylic acids is 1. The second-order valence-electron chi connectivity index (χ2n) is 8.50. The third-order valence-corrected chi connectivity index (χ3v) is 8.07. The van der Waals surface area contributed by atoms with Crippen molar-refractivity contribution in [1.29, 1.82) is 0 Å². The first-order chi connectivity index (χ1) is 16.0. The summed E-state index contributed by atoms with van der Waals surface area (Å²) in [5, 5.41) is 11.3. The number of hydrogen-bond acceptors (Lipinski definition) is 2. The number of benzene rings is 3. The lowest BCUT2D eigenvalue weighted by Crippen LogP contribution is -2.18. The zero-order valence-corrected chi connectivity index (χ0v) is 19.6. The van der Waals surface area contributed by atoms with E-state index in [0.717, 1.165) is 51.2 Å². The van der Waals surface area contributed by atoms with Gasteiger partial charge < -0.3 is 9.67 Å². The fourth-order valence-corrected chi connectivity index (χ4v) is 6.41. The van der Waals surface area contributed by atoms with Crippen molar-refractivity contribution in [1.82, 2.24) is 4.57 Å². The molecule has 33 heavy (non-hydrogen) atoms. The van der Waals surface area contributed by atoms with Crippen molar-refractivity contribution in [3.05, 3.63) is 94.6 Å². The van der Waals surface area contributed by atoms with Crippen LogP contribution in [0.4, 0.5) is 0 Å². The first-order valence-electron chi connectivity index (χ1n) is 11.1. The third-order valence-electron chi connectivity index (χ3n) is 6.39. The highest BCUT2D eigenvalue weighted by Gasteiger charge is 2.31. The molecule has 3 aromatic carbocycles. The van der Waals surface area contributed by atoms with Gasteiger partial charge in [0.05, 0.1) is 27.6 Å². The van der Waals surface area contributed by atoms with Crippen molar-refractivity contribution >= 4 is 39.3 Å². The van der Waals surface area contributed by atoms with Crippen molar-refractivity contribution < 1.29 is 14.1 Å². The number of halogens is 1. The van der Waals surface area contributed by atoms with Gasteiger partial charge in [0, 0.05) is 33.5 Å². The van der Waals surface area contributed by atoms with Crippen LogP contribution in [0.15, 0.2) is 82.6 Å². The van der Waals surface area contributed by atoms with E-state index in [-0.39, 0.29) is 12.3 Å². The van der Waals surface area contributed by atoms with Crippen LogP contribution in [0.5, 0.6) is 0 Å². The van der Waals surface area contributed by atoms with Crippen LogP contribution in [0.3, 0.4) is 0 Å². The van der Waals surface area contributed by atoms with Gasteiger partial charge in [0.15, 0.2) is 0 Å². The minimum absolute atomic E-state index is 0.0658. The van der Waals surface area contributed by atoms with Gasteiger partial charge in [-0.15, -0.1) is 0 Å². The van der Waals surface area contributed by atoms with Crippen molar-refractivity contribution in [2.45, 2.75) is 47.9 Å². The monoisotopic (exact) mass is 477 g/mol. The van der Waals surface area contributed by atoms with Gasteiger partial charge in [0.25, 0.3) is 0 Å². The van der Waals surface area contributed by atoms with Gasteiger partial charge in [0.2, 0.25) is 0 Å². The predicted octanol–water partition coefficient (Wildman–Crippen LogP) is 6.40. The number of carbonyl (C=O) groups is 1. The first-order valence-corrected chi connectivity index (χ1v) is 12.6. The molecule has 0 bridgehead atoms. The largest absolute Gasteiger partial charge is 0.481 e. The number of aryl methyl sites for hydroxylation is 1. The molecular weight excluding hydrogens is 454 g/mol. The number of fused-ring (bicyclic) bond motifs is 3. The van der Waals surface area contributed by atoms with Crippen molar-refractivity contribution in [2.24, 2.45) is 0 Å². The Morgan fingerprint density at radius 2 is 1.79 bits per heavy atom. The second-order valence-corrected chi connectivity index (χ2v) is 10.4. The van der Waals surface area contributed by atoms with Crippen molar-refractivity contribution in [2.75, 3.05) is 0 Å². The molecule has 0 radical (unpaired) electrons. The Labute approximate surface area is 200 Å². The predicted molar refractivity (Wildman–Crippen MR) is 132 cm³/mol. The van der Waals surface area contributed by atoms with Gasteiger partial charge in [-0.1, -0.05) is 54.1 Å². The van der Waals surface area contributed by atoms with Gasteiger partial charge in [-0.2, -0.15) is 0 Å². The van der Waals surface area contributed by atoms with E-state index in [4.69, 9.17) is 11.6 Å². The topological polar surface area (TPSA) is 59.3 Å². The van der Waals surface area contributed by atoms with Gasteiger partial charge in [-0.3, -0.25) is 4.79 Å². The molecule has 168 valence electrons. The number of carboxylic acid groups (broad SMARTS) is 1. The summed E-state index contributed by atoms with van der Waals surface area (Å²) in [7, 11) is -1.35. The maximum Gasteiger partial charge on any atom is 0.304 e. The molecule has 0 fully saturated rings. The highest BCUT2D eigenvalue weighted by atomic mass is 35.5. The van der Waals surface area contributed by atoms with E-state index in [1.165, 1.54) is 5.56 Å². The lowest BCUT2D eigenvalue weighted by molar-refractivity contribution is -0.137.